The van der Waals surface area contributed by atoms with Crippen molar-refractivity contribution in [3.63, 3.8) is 0 Å². The van der Waals surface area contributed by atoms with E-state index in [4.69, 9.17) is 4.74 Å². The van der Waals surface area contributed by atoms with Crippen LogP contribution in [0.25, 0.3) is 0 Å². The van der Waals surface area contributed by atoms with Gasteiger partial charge >= 0.3 is 0 Å². The van der Waals surface area contributed by atoms with Gasteiger partial charge in [-0.3, -0.25) is 4.79 Å². The molecule has 1 aromatic carbocycles. The molecule has 0 aliphatic carbocycles. The summed E-state index contributed by atoms with van der Waals surface area (Å²) in [5.74, 6) is -0.0281. The molecule has 1 aromatic rings. The summed E-state index contributed by atoms with van der Waals surface area (Å²) in [4.78, 5) is 11.7. The smallest absolute Gasteiger partial charge is 0.240 e. The van der Waals surface area contributed by atoms with Crippen LogP contribution in [0.5, 0.6) is 0 Å². The van der Waals surface area contributed by atoms with Gasteiger partial charge in [-0.1, -0.05) is 0 Å². The fraction of sp³-hybridized carbons (Fsp3) is 0.533. The van der Waals surface area contributed by atoms with Gasteiger partial charge in [0.1, 0.15) is 0 Å². The molecule has 128 valence electrons. The highest BCUT2D eigenvalue weighted by atomic mass is 32.2. The van der Waals surface area contributed by atoms with Crippen molar-refractivity contribution < 1.29 is 17.9 Å². The summed E-state index contributed by atoms with van der Waals surface area (Å²) < 4.78 is 32.1. The van der Waals surface area contributed by atoms with Crippen molar-refractivity contribution in [1.82, 2.24) is 10.0 Å². The molecule has 0 saturated carbocycles. The number of anilines is 1. The van der Waals surface area contributed by atoms with E-state index in [0.717, 1.165) is 12.0 Å². The van der Waals surface area contributed by atoms with Crippen molar-refractivity contribution in [2.24, 2.45) is 0 Å². The van der Waals surface area contributed by atoms with Crippen molar-refractivity contribution >= 4 is 21.6 Å². The Kier molecular flexibility index (Phi) is 6.52. The standard InChI is InChI=1S/C15H23N3O4S/c1-22-10-9-16-7-8-17-23(20,21)13-5-6-14-12(11-13)3-2-4-15(19)18-14/h5-6,11,16-17H,2-4,7-10H2,1H3,(H,18,19). The third-order valence-corrected chi connectivity index (χ3v) is 5.05. The van der Waals surface area contributed by atoms with Crippen molar-refractivity contribution in [3.8, 4) is 0 Å². The number of fused-ring (bicyclic) bond motifs is 1. The number of carbonyl (C=O) groups excluding carboxylic acids is 1. The third-order valence-electron chi connectivity index (χ3n) is 3.59. The molecule has 0 radical (unpaired) electrons. The monoisotopic (exact) mass is 341 g/mol. The Labute approximate surface area is 136 Å². The lowest BCUT2D eigenvalue weighted by molar-refractivity contribution is -0.116. The molecule has 3 N–H and O–H groups in total. The van der Waals surface area contributed by atoms with Crippen LogP contribution in [0.15, 0.2) is 23.1 Å². The first-order valence-corrected chi connectivity index (χ1v) is 9.13. The van der Waals surface area contributed by atoms with E-state index >= 15 is 0 Å². The lowest BCUT2D eigenvalue weighted by atomic mass is 10.1. The largest absolute Gasteiger partial charge is 0.383 e. The fourth-order valence-corrected chi connectivity index (χ4v) is 3.46. The minimum absolute atomic E-state index is 0.0281. The molecule has 0 bridgehead atoms. The number of amides is 1. The molecule has 7 nitrogen and oxygen atoms in total. The molecule has 1 heterocycles. The summed E-state index contributed by atoms with van der Waals surface area (Å²) in [6.07, 6.45) is 1.87. The molecule has 0 saturated heterocycles. The highest BCUT2D eigenvalue weighted by Gasteiger charge is 2.18. The van der Waals surface area contributed by atoms with E-state index in [1.54, 1.807) is 19.2 Å². The summed E-state index contributed by atoms with van der Waals surface area (Å²) in [5, 5.41) is 5.87. The zero-order chi connectivity index (χ0) is 16.7. The number of rotatable bonds is 8. The number of aryl methyl sites for hydroxylation is 1. The first-order valence-electron chi connectivity index (χ1n) is 7.65. The van der Waals surface area contributed by atoms with Gasteiger partial charge in [-0.2, -0.15) is 0 Å². The van der Waals surface area contributed by atoms with Gasteiger partial charge < -0.3 is 15.4 Å². The van der Waals surface area contributed by atoms with Crippen LogP contribution in [0.1, 0.15) is 18.4 Å². The Balaban J connectivity index is 1.97. The Morgan fingerprint density at radius 1 is 1.22 bits per heavy atom. The molecule has 1 aliphatic rings. The molecule has 2 rings (SSSR count). The van der Waals surface area contributed by atoms with Gasteiger partial charge in [-0.15, -0.1) is 0 Å². The van der Waals surface area contributed by atoms with Crippen LogP contribution in [-0.4, -0.2) is 47.7 Å². The first-order chi connectivity index (χ1) is 11.0. The number of ether oxygens (including phenoxy) is 1. The summed E-state index contributed by atoms with van der Waals surface area (Å²) >= 11 is 0. The lowest BCUT2D eigenvalue weighted by Crippen LogP contribution is -2.33. The Morgan fingerprint density at radius 3 is 2.83 bits per heavy atom. The molecule has 1 amide bonds. The summed E-state index contributed by atoms with van der Waals surface area (Å²) in [6, 6.07) is 4.82. The molecular formula is C15H23N3O4S. The van der Waals surface area contributed by atoms with Gasteiger partial charge in [0, 0.05) is 38.9 Å². The van der Waals surface area contributed by atoms with Crippen LogP contribution in [-0.2, 0) is 26.0 Å². The molecule has 23 heavy (non-hydrogen) atoms. The number of nitrogens with one attached hydrogen (secondary N) is 3. The highest BCUT2D eigenvalue weighted by molar-refractivity contribution is 7.89. The molecular weight excluding hydrogens is 318 g/mol. The normalized spacial score (nSPS) is 14.9. The van der Waals surface area contributed by atoms with Crippen molar-refractivity contribution in [2.45, 2.75) is 24.2 Å². The fourth-order valence-electron chi connectivity index (χ4n) is 2.37. The summed E-state index contributed by atoms with van der Waals surface area (Å²) in [6.45, 7) is 2.10. The summed E-state index contributed by atoms with van der Waals surface area (Å²) in [5.41, 5.74) is 1.56. The number of hydrogen-bond acceptors (Lipinski definition) is 5. The summed E-state index contributed by atoms with van der Waals surface area (Å²) in [7, 11) is -1.93. The Hall–Kier alpha value is -1.48. The minimum Gasteiger partial charge on any atom is -0.383 e. The van der Waals surface area contributed by atoms with Crippen LogP contribution >= 0.6 is 0 Å². The maximum Gasteiger partial charge on any atom is 0.240 e. The second-order valence-corrected chi connectivity index (χ2v) is 7.13. The van der Waals surface area contributed by atoms with E-state index in [1.165, 1.54) is 6.07 Å². The topological polar surface area (TPSA) is 96.5 Å². The number of methoxy groups -OCH3 is 1. The zero-order valence-electron chi connectivity index (χ0n) is 13.2. The van der Waals surface area contributed by atoms with E-state index in [9.17, 15) is 13.2 Å². The van der Waals surface area contributed by atoms with Crippen molar-refractivity contribution in [2.75, 3.05) is 38.7 Å². The van der Waals surface area contributed by atoms with Gasteiger partial charge in [-0.05, 0) is 36.6 Å². The number of benzene rings is 1. The molecule has 1 aliphatic heterocycles. The van der Waals surface area contributed by atoms with Gasteiger partial charge in [0.2, 0.25) is 15.9 Å². The Morgan fingerprint density at radius 2 is 2.04 bits per heavy atom. The van der Waals surface area contributed by atoms with Crippen molar-refractivity contribution in [3.05, 3.63) is 23.8 Å². The molecule has 0 unspecified atom stereocenters. The van der Waals surface area contributed by atoms with Crippen LogP contribution in [0.2, 0.25) is 0 Å². The van der Waals surface area contributed by atoms with E-state index in [2.05, 4.69) is 15.4 Å². The number of hydrogen-bond donors (Lipinski definition) is 3. The van der Waals surface area contributed by atoms with Gasteiger partial charge in [-0.25, -0.2) is 13.1 Å². The van der Waals surface area contributed by atoms with Crippen LogP contribution in [0.4, 0.5) is 5.69 Å². The van der Waals surface area contributed by atoms with Crippen LogP contribution < -0.4 is 15.4 Å². The number of sulfonamides is 1. The maximum absolute atomic E-state index is 12.3. The second-order valence-electron chi connectivity index (χ2n) is 5.36. The van der Waals surface area contributed by atoms with Gasteiger partial charge in [0.05, 0.1) is 11.5 Å². The first kappa shape index (κ1) is 17.9. The molecule has 0 spiro atoms. The average Bonchev–Trinajstić information content (AvgIpc) is 2.70. The predicted molar refractivity (Wildman–Crippen MR) is 87.9 cm³/mol. The maximum atomic E-state index is 12.3. The highest BCUT2D eigenvalue weighted by Crippen LogP contribution is 2.24. The average molecular weight is 341 g/mol. The third kappa shape index (κ3) is 5.28. The second kappa shape index (κ2) is 8.39. The van der Waals surface area contributed by atoms with E-state index in [0.29, 0.717) is 44.8 Å². The zero-order valence-corrected chi connectivity index (χ0v) is 14.0. The van der Waals surface area contributed by atoms with Crippen LogP contribution in [0.3, 0.4) is 0 Å². The minimum atomic E-state index is -3.55. The van der Waals surface area contributed by atoms with Gasteiger partial charge in [0.25, 0.3) is 0 Å². The predicted octanol–water partition coefficient (Wildman–Crippen LogP) is 0.476. The molecule has 0 atom stereocenters. The SMILES string of the molecule is COCCNCCNS(=O)(=O)c1ccc2c(c1)CCCC(=O)N2. The van der Waals surface area contributed by atoms with Crippen molar-refractivity contribution in [1.29, 1.82) is 0 Å². The molecule has 0 fully saturated rings. The lowest BCUT2D eigenvalue weighted by Gasteiger charge is -2.11. The van der Waals surface area contributed by atoms with E-state index < -0.39 is 10.0 Å². The van der Waals surface area contributed by atoms with E-state index in [1.807, 2.05) is 0 Å². The van der Waals surface area contributed by atoms with E-state index in [-0.39, 0.29) is 10.8 Å². The Bertz CT molecular complexity index is 646. The number of carbonyl (C=O) groups is 1. The molecule has 0 aromatic heterocycles. The quantitative estimate of drug-likeness (QED) is 0.598. The van der Waals surface area contributed by atoms with Crippen LogP contribution in [0, 0.1) is 0 Å². The van der Waals surface area contributed by atoms with Gasteiger partial charge in [0.15, 0.2) is 0 Å². The molecule has 8 heteroatoms.